The maximum atomic E-state index is 13.7. The average molecular weight is 481 g/mol. The van der Waals surface area contributed by atoms with Crippen molar-refractivity contribution in [2.24, 2.45) is 5.92 Å². The van der Waals surface area contributed by atoms with Crippen molar-refractivity contribution in [2.45, 2.75) is 63.7 Å². The fraction of sp³-hybridized carbons (Fsp3) is 0.500. The van der Waals surface area contributed by atoms with Gasteiger partial charge in [0, 0.05) is 25.6 Å². The van der Waals surface area contributed by atoms with E-state index in [0.29, 0.717) is 25.3 Å². The van der Waals surface area contributed by atoms with E-state index in [1.54, 1.807) is 12.1 Å². The number of benzene rings is 2. The molecule has 2 aliphatic heterocycles. The lowest BCUT2D eigenvalue weighted by Crippen LogP contribution is -2.42. The molecular weight excluding hydrogens is 447 g/mol. The number of amides is 2. The Kier molecular flexibility index (Phi) is 7.04. The van der Waals surface area contributed by atoms with E-state index in [0.717, 1.165) is 55.4 Å². The maximum absolute atomic E-state index is 13.7. The number of halogens is 1. The number of rotatable bonds is 8. The molecule has 5 rings (SSSR count). The van der Waals surface area contributed by atoms with E-state index >= 15 is 0 Å². The first kappa shape index (κ1) is 23.8. The Morgan fingerprint density at radius 2 is 1.97 bits per heavy atom. The lowest BCUT2D eigenvalue weighted by molar-refractivity contribution is -0.134. The zero-order chi connectivity index (χ0) is 24.4. The van der Waals surface area contributed by atoms with Crippen LogP contribution in [0.15, 0.2) is 42.5 Å². The highest BCUT2D eigenvalue weighted by atomic mass is 19.1. The SMILES string of the molecule is CCC(Oc1ccc2c(c1)C(c1ccc(F)cc1)N(C(=O)C1CC1)CC2)C(=O)NCC1CCCO1. The van der Waals surface area contributed by atoms with E-state index < -0.39 is 6.10 Å². The second kappa shape index (κ2) is 10.4. The van der Waals surface area contributed by atoms with Gasteiger partial charge >= 0.3 is 0 Å². The Morgan fingerprint density at radius 1 is 1.17 bits per heavy atom. The smallest absolute Gasteiger partial charge is 0.261 e. The Bertz CT molecular complexity index is 1060. The van der Waals surface area contributed by atoms with Crippen molar-refractivity contribution in [3.05, 3.63) is 65.0 Å². The van der Waals surface area contributed by atoms with Gasteiger partial charge in [0.1, 0.15) is 11.6 Å². The molecule has 2 aromatic rings. The van der Waals surface area contributed by atoms with E-state index in [2.05, 4.69) is 5.32 Å². The summed E-state index contributed by atoms with van der Waals surface area (Å²) < 4.78 is 25.4. The van der Waals surface area contributed by atoms with Crippen LogP contribution in [0.3, 0.4) is 0 Å². The van der Waals surface area contributed by atoms with E-state index in [-0.39, 0.29) is 35.7 Å². The Balaban J connectivity index is 1.38. The summed E-state index contributed by atoms with van der Waals surface area (Å²) in [7, 11) is 0. The second-order valence-electron chi connectivity index (χ2n) is 9.77. The van der Waals surface area contributed by atoms with Gasteiger partial charge in [-0.2, -0.15) is 0 Å². The summed E-state index contributed by atoms with van der Waals surface area (Å²) in [5.74, 6) is 0.394. The van der Waals surface area contributed by atoms with Crippen LogP contribution in [0.1, 0.15) is 61.8 Å². The van der Waals surface area contributed by atoms with Gasteiger partial charge < -0.3 is 19.7 Å². The lowest BCUT2D eigenvalue weighted by Gasteiger charge is -2.38. The highest BCUT2D eigenvalue weighted by Crippen LogP contribution is 2.41. The van der Waals surface area contributed by atoms with Crippen LogP contribution in [-0.4, -0.2) is 48.6 Å². The maximum Gasteiger partial charge on any atom is 0.261 e. The van der Waals surface area contributed by atoms with Gasteiger partial charge in [-0.1, -0.05) is 25.1 Å². The molecular formula is C28H33FN2O4. The van der Waals surface area contributed by atoms with Crippen molar-refractivity contribution in [3.8, 4) is 5.75 Å². The number of nitrogens with one attached hydrogen (secondary N) is 1. The first-order valence-electron chi connectivity index (χ1n) is 12.8. The summed E-state index contributed by atoms with van der Waals surface area (Å²) in [6, 6.07) is 12.0. The van der Waals surface area contributed by atoms with Crippen LogP contribution < -0.4 is 10.1 Å². The first-order chi connectivity index (χ1) is 17.0. The molecule has 3 atom stereocenters. The normalized spacial score (nSPS) is 22.4. The van der Waals surface area contributed by atoms with E-state index in [1.165, 1.54) is 12.1 Å². The minimum absolute atomic E-state index is 0.0756. The summed E-state index contributed by atoms with van der Waals surface area (Å²) in [4.78, 5) is 27.9. The minimum atomic E-state index is -0.619. The van der Waals surface area contributed by atoms with Crippen molar-refractivity contribution in [1.82, 2.24) is 10.2 Å². The highest BCUT2D eigenvalue weighted by molar-refractivity contribution is 5.82. The minimum Gasteiger partial charge on any atom is -0.481 e. The largest absolute Gasteiger partial charge is 0.481 e. The molecule has 2 amide bonds. The second-order valence-corrected chi connectivity index (χ2v) is 9.77. The van der Waals surface area contributed by atoms with Crippen LogP contribution >= 0.6 is 0 Å². The fourth-order valence-electron chi connectivity index (χ4n) is 5.09. The Labute approximate surface area is 205 Å². The Hall–Kier alpha value is -2.93. The van der Waals surface area contributed by atoms with Crippen molar-refractivity contribution < 1.29 is 23.5 Å². The van der Waals surface area contributed by atoms with Gasteiger partial charge in [-0.15, -0.1) is 0 Å². The molecule has 186 valence electrons. The molecule has 7 heteroatoms. The van der Waals surface area contributed by atoms with Crippen LogP contribution in [-0.2, 0) is 20.7 Å². The van der Waals surface area contributed by atoms with Gasteiger partial charge in [-0.25, -0.2) is 4.39 Å². The topological polar surface area (TPSA) is 67.9 Å². The molecule has 3 unspecified atom stereocenters. The first-order valence-corrected chi connectivity index (χ1v) is 12.8. The monoisotopic (exact) mass is 480 g/mol. The molecule has 2 heterocycles. The summed E-state index contributed by atoms with van der Waals surface area (Å²) in [5, 5.41) is 2.96. The molecule has 1 aliphatic carbocycles. The molecule has 1 saturated carbocycles. The third-order valence-corrected chi connectivity index (χ3v) is 7.21. The molecule has 35 heavy (non-hydrogen) atoms. The number of nitrogens with zero attached hydrogens (tertiary/aromatic N) is 1. The zero-order valence-electron chi connectivity index (χ0n) is 20.2. The quantitative estimate of drug-likeness (QED) is 0.616. The number of ether oxygens (including phenoxy) is 2. The number of carbonyl (C=O) groups is 2. The molecule has 1 saturated heterocycles. The molecule has 0 aromatic heterocycles. The van der Waals surface area contributed by atoms with Gasteiger partial charge in [-0.3, -0.25) is 9.59 Å². The van der Waals surface area contributed by atoms with Crippen molar-refractivity contribution in [2.75, 3.05) is 19.7 Å². The summed E-state index contributed by atoms with van der Waals surface area (Å²) >= 11 is 0. The summed E-state index contributed by atoms with van der Waals surface area (Å²) in [6.45, 7) is 3.80. The standard InChI is InChI=1S/C28H33FN2O4/c1-2-25(27(32)30-17-23-4-3-15-34-23)35-22-12-9-18-13-14-31(28(33)20-5-6-20)26(24(18)16-22)19-7-10-21(29)11-8-19/h7-12,16,20,23,25-26H,2-6,13-15,17H2,1H3,(H,30,32). The molecule has 3 aliphatic rings. The van der Waals surface area contributed by atoms with E-state index in [9.17, 15) is 14.0 Å². The van der Waals surface area contributed by atoms with E-state index in [1.807, 2.05) is 30.0 Å². The molecule has 0 bridgehead atoms. The number of fused-ring (bicyclic) bond motifs is 1. The summed E-state index contributed by atoms with van der Waals surface area (Å²) in [5.41, 5.74) is 2.99. The third kappa shape index (κ3) is 5.35. The van der Waals surface area contributed by atoms with Crippen LogP contribution in [0.2, 0.25) is 0 Å². The number of hydrogen-bond donors (Lipinski definition) is 1. The number of hydrogen-bond acceptors (Lipinski definition) is 4. The van der Waals surface area contributed by atoms with Crippen molar-refractivity contribution >= 4 is 11.8 Å². The van der Waals surface area contributed by atoms with Gasteiger partial charge in [0.15, 0.2) is 6.10 Å². The van der Waals surface area contributed by atoms with Crippen molar-refractivity contribution in [3.63, 3.8) is 0 Å². The molecule has 6 nitrogen and oxygen atoms in total. The van der Waals surface area contributed by atoms with Crippen LogP contribution in [0.5, 0.6) is 5.75 Å². The van der Waals surface area contributed by atoms with Gasteiger partial charge in [-0.05, 0) is 79.5 Å². The lowest BCUT2D eigenvalue weighted by atomic mass is 9.87. The molecule has 0 spiro atoms. The Morgan fingerprint density at radius 3 is 2.66 bits per heavy atom. The third-order valence-electron chi connectivity index (χ3n) is 7.21. The van der Waals surface area contributed by atoms with Crippen LogP contribution in [0.25, 0.3) is 0 Å². The van der Waals surface area contributed by atoms with Crippen LogP contribution in [0, 0.1) is 11.7 Å². The predicted octanol–water partition coefficient (Wildman–Crippen LogP) is 4.16. The van der Waals surface area contributed by atoms with Crippen molar-refractivity contribution in [1.29, 1.82) is 0 Å². The van der Waals surface area contributed by atoms with Gasteiger partial charge in [0.25, 0.3) is 5.91 Å². The highest BCUT2D eigenvalue weighted by Gasteiger charge is 2.39. The van der Waals surface area contributed by atoms with E-state index in [4.69, 9.17) is 9.47 Å². The average Bonchev–Trinajstić information content (AvgIpc) is 3.60. The fourth-order valence-corrected chi connectivity index (χ4v) is 5.09. The summed E-state index contributed by atoms with van der Waals surface area (Å²) in [6.07, 6.45) is 4.59. The van der Waals surface area contributed by atoms with Gasteiger partial charge in [0.05, 0.1) is 12.1 Å². The van der Waals surface area contributed by atoms with Crippen LogP contribution in [0.4, 0.5) is 4.39 Å². The molecule has 2 fully saturated rings. The predicted molar refractivity (Wildman–Crippen MR) is 130 cm³/mol. The number of carbonyl (C=O) groups excluding carboxylic acids is 2. The molecule has 1 N–H and O–H groups in total. The molecule has 2 aromatic carbocycles. The molecule has 0 radical (unpaired) electrons. The van der Waals surface area contributed by atoms with Gasteiger partial charge in [0.2, 0.25) is 5.91 Å². The zero-order valence-corrected chi connectivity index (χ0v) is 20.2.